The molecule has 15 nitrogen and oxygen atoms in total. The van der Waals surface area contributed by atoms with Crippen LogP contribution >= 0.6 is 0 Å². The van der Waals surface area contributed by atoms with E-state index in [4.69, 9.17) is 20.6 Å². The maximum absolute atomic E-state index is 13.3. The van der Waals surface area contributed by atoms with Gasteiger partial charge in [0.2, 0.25) is 0 Å². The Morgan fingerprint density at radius 3 is 2.36 bits per heavy atom. The lowest BCUT2D eigenvalue weighted by Gasteiger charge is -2.22. The fraction of sp³-hybridized carbons (Fsp3) is 0.250. The van der Waals surface area contributed by atoms with Crippen LogP contribution in [0.2, 0.25) is 0 Å². The summed E-state index contributed by atoms with van der Waals surface area (Å²) in [5, 5.41) is 24.7. The molecule has 0 radical (unpaired) electrons. The number of hydrogen-bond acceptors (Lipinski definition) is 10. The number of aromatic nitrogens is 3. The molecule has 0 bridgehead atoms. The number of carbonyl (C=O) groups excluding carboxylic acids is 2. The number of para-hydroxylation sites is 1. The minimum absolute atomic E-state index is 0.119. The highest BCUT2D eigenvalue weighted by Gasteiger charge is 2.42. The van der Waals surface area contributed by atoms with Crippen LogP contribution in [0, 0.1) is 5.41 Å². The Kier molecular flexibility index (Phi) is 10.8. The molecule has 2 atom stereocenters. The highest BCUT2D eigenvalue weighted by Crippen LogP contribution is 2.35. The number of carboxylic acids is 1. The summed E-state index contributed by atoms with van der Waals surface area (Å²) in [5.41, 5.74) is 4.43. The summed E-state index contributed by atoms with van der Waals surface area (Å²) in [6, 6.07) is 13.0. The second-order valence-electron chi connectivity index (χ2n) is 10.8. The number of amides is 1. The Labute approximate surface area is 281 Å². The van der Waals surface area contributed by atoms with E-state index >= 15 is 0 Å². The molecule has 1 heterocycles. The first-order valence-corrected chi connectivity index (χ1v) is 14.7. The van der Waals surface area contributed by atoms with Crippen molar-refractivity contribution in [2.75, 3.05) is 26.0 Å². The SMILES string of the molecule is CCOc1cc(C(Nc2ccc(C(=N)N)cc2)c2nn(-c3cccc(C(=O)O)c3OC(=O)C(F)(F)F)c(=O)[nH]2)ccc1OC(C)C(=O)N(C)C. The van der Waals surface area contributed by atoms with E-state index in [0.717, 1.165) is 18.2 Å². The summed E-state index contributed by atoms with van der Waals surface area (Å²) in [6.07, 6.45) is -6.36. The monoisotopic (exact) mass is 699 g/mol. The number of rotatable bonds is 13. The third kappa shape index (κ3) is 8.20. The number of anilines is 1. The van der Waals surface area contributed by atoms with E-state index in [1.807, 2.05) is 0 Å². The lowest BCUT2D eigenvalue weighted by Crippen LogP contribution is -2.35. The van der Waals surface area contributed by atoms with Crippen LogP contribution in [0.1, 0.15) is 47.2 Å². The maximum Gasteiger partial charge on any atom is 0.491 e. The van der Waals surface area contributed by atoms with E-state index < -0.39 is 53.0 Å². The summed E-state index contributed by atoms with van der Waals surface area (Å²) in [4.78, 5) is 53.3. The summed E-state index contributed by atoms with van der Waals surface area (Å²) in [6.45, 7) is 3.49. The summed E-state index contributed by atoms with van der Waals surface area (Å²) < 4.78 is 56.1. The first-order valence-electron chi connectivity index (χ1n) is 14.7. The lowest BCUT2D eigenvalue weighted by atomic mass is 10.0. The second kappa shape index (κ2) is 14.8. The molecule has 18 heteroatoms. The number of aromatic amines is 1. The molecule has 0 saturated carbocycles. The number of likely N-dealkylation sites (N-methyl/N-ethyl adjacent to an activating group) is 1. The van der Waals surface area contributed by atoms with Crippen LogP contribution in [0.15, 0.2) is 65.5 Å². The van der Waals surface area contributed by atoms with Gasteiger partial charge < -0.3 is 35.3 Å². The molecule has 264 valence electrons. The standard InChI is InChI=1S/C32H32F3N7O8/c1-5-48-23-15-18(11-14-22(23)49-16(2)28(43)41(3)4)24(38-19-12-9-17(10-13-19)26(36)37)27-39-31(47)42(40-27)21-8-6-7-20(29(44)45)25(21)50-30(46)32(33,34)35/h6-16,24,38H,5H2,1-4H3,(H3,36,37)(H,44,45)(H,39,40,47). The van der Waals surface area contributed by atoms with Crippen LogP contribution in [0.4, 0.5) is 18.9 Å². The third-order valence-electron chi connectivity index (χ3n) is 6.99. The number of benzene rings is 3. The van der Waals surface area contributed by atoms with Crippen LogP contribution in [-0.4, -0.2) is 81.4 Å². The molecule has 6 N–H and O–H groups in total. The number of hydrogen-bond donors (Lipinski definition) is 5. The fourth-order valence-electron chi connectivity index (χ4n) is 4.65. The molecule has 4 aromatic rings. The molecular formula is C32H32F3N7O8. The van der Waals surface area contributed by atoms with Gasteiger partial charge in [-0.25, -0.2) is 14.4 Å². The Morgan fingerprint density at radius 1 is 1.10 bits per heavy atom. The number of ether oxygens (including phenoxy) is 3. The first-order chi connectivity index (χ1) is 23.5. The van der Waals surface area contributed by atoms with Gasteiger partial charge in [-0.3, -0.25) is 15.2 Å². The zero-order valence-corrected chi connectivity index (χ0v) is 27.0. The number of nitrogens with two attached hydrogens (primary N) is 1. The molecule has 1 aromatic heterocycles. The van der Waals surface area contributed by atoms with Gasteiger partial charge >= 0.3 is 23.8 Å². The number of nitrogens with one attached hydrogen (secondary N) is 3. The van der Waals surface area contributed by atoms with E-state index in [1.165, 1.54) is 11.0 Å². The van der Waals surface area contributed by atoms with Gasteiger partial charge in [-0.2, -0.15) is 17.9 Å². The minimum atomic E-state index is -5.48. The van der Waals surface area contributed by atoms with Gasteiger partial charge in [-0.05, 0) is 67.9 Å². The van der Waals surface area contributed by atoms with E-state index in [2.05, 4.69) is 20.1 Å². The Balaban J connectivity index is 1.86. The summed E-state index contributed by atoms with van der Waals surface area (Å²) in [7, 11) is 3.16. The average molecular weight is 700 g/mol. The number of carboxylic acid groups (broad SMARTS) is 1. The van der Waals surface area contributed by atoms with E-state index in [1.54, 1.807) is 64.3 Å². The van der Waals surface area contributed by atoms with Gasteiger partial charge in [0.15, 0.2) is 29.2 Å². The van der Waals surface area contributed by atoms with Crippen LogP contribution in [-0.2, 0) is 9.59 Å². The Bertz CT molecular complexity index is 1970. The number of nitrogens with zero attached hydrogens (tertiary/aromatic N) is 3. The quantitative estimate of drug-likeness (QED) is 0.0590. The van der Waals surface area contributed by atoms with Gasteiger partial charge in [0.25, 0.3) is 5.91 Å². The topological polar surface area (TPSA) is 215 Å². The maximum atomic E-state index is 13.3. The van der Waals surface area contributed by atoms with Crippen molar-refractivity contribution in [3.05, 3.63) is 93.7 Å². The van der Waals surface area contributed by atoms with E-state index in [9.17, 15) is 37.5 Å². The number of amidine groups is 1. The predicted octanol–water partition coefficient (Wildman–Crippen LogP) is 3.47. The molecule has 0 saturated heterocycles. The minimum Gasteiger partial charge on any atom is -0.490 e. The van der Waals surface area contributed by atoms with Crippen molar-refractivity contribution < 1.29 is 46.9 Å². The van der Waals surface area contributed by atoms with Crippen LogP contribution in [0.25, 0.3) is 5.69 Å². The average Bonchev–Trinajstić information content (AvgIpc) is 3.44. The van der Waals surface area contributed by atoms with Crippen molar-refractivity contribution in [1.29, 1.82) is 5.41 Å². The molecular weight excluding hydrogens is 667 g/mol. The van der Waals surface area contributed by atoms with Gasteiger partial charge in [-0.1, -0.05) is 12.1 Å². The van der Waals surface area contributed by atoms with Gasteiger partial charge in [0.05, 0.1) is 6.61 Å². The van der Waals surface area contributed by atoms with Crippen LogP contribution in [0.5, 0.6) is 17.2 Å². The lowest BCUT2D eigenvalue weighted by molar-refractivity contribution is -0.189. The molecule has 0 aliphatic carbocycles. The molecule has 2 unspecified atom stereocenters. The molecule has 0 aliphatic rings. The molecule has 1 amide bonds. The van der Waals surface area contributed by atoms with E-state index in [0.29, 0.717) is 21.5 Å². The molecule has 0 aliphatic heterocycles. The zero-order chi connectivity index (χ0) is 36.9. The number of carbonyl (C=O) groups is 3. The van der Waals surface area contributed by atoms with Gasteiger partial charge in [0, 0.05) is 25.3 Å². The predicted molar refractivity (Wildman–Crippen MR) is 172 cm³/mol. The molecule has 4 rings (SSSR count). The Hall–Kier alpha value is -6.33. The summed E-state index contributed by atoms with van der Waals surface area (Å²) >= 11 is 0. The van der Waals surface area contributed by atoms with Crippen molar-refractivity contribution in [2.24, 2.45) is 5.73 Å². The molecule has 0 fully saturated rings. The van der Waals surface area contributed by atoms with E-state index in [-0.39, 0.29) is 35.7 Å². The fourth-order valence-corrected chi connectivity index (χ4v) is 4.65. The van der Waals surface area contributed by atoms with Crippen molar-refractivity contribution in [3.63, 3.8) is 0 Å². The third-order valence-corrected chi connectivity index (χ3v) is 6.99. The highest BCUT2D eigenvalue weighted by molar-refractivity contribution is 5.95. The van der Waals surface area contributed by atoms with Crippen LogP contribution < -0.4 is 31.0 Å². The van der Waals surface area contributed by atoms with Crippen molar-refractivity contribution in [2.45, 2.75) is 32.2 Å². The number of H-pyrrole nitrogens is 1. The van der Waals surface area contributed by atoms with Crippen LogP contribution in [0.3, 0.4) is 0 Å². The number of aromatic carboxylic acids is 1. The highest BCUT2D eigenvalue weighted by atomic mass is 19.4. The molecule has 0 spiro atoms. The number of nitrogen functional groups attached to an aromatic ring is 1. The smallest absolute Gasteiger partial charge is 0.490 e. The zero-order valence-electron chi connectivity index (χ0n) is 27.0. The van der Waals surface area contributed by atoms with Gasteiger partial charge in [-0.15, -0.1) is 5.10 Å². The van der Waals surface area contributed by atoms with Crippen molar-refractivity contribution >= 4 is 29.4 Å². The summed E-state index contributed by atoms with van der Waals surface area (Å²) in [5.74, 6) is -5.66. The molecule has 3 aromatic carbocycles. The first kappa shape index (κ1) is 36.5. The number of esters is 1. The second-order valence-corrected chi connectivity index (χ2v) is 10.8. The molecule has 50 heavy (non-hydrogen) atoms. The normalized spacial score (nSPS) is 12.4. The largest absolute Gasteiger partial charge is 0.491 e. The number of alkyl halides is 3. The van der Waals surface area contributed by atoms with Gasteiger partial charge in [0.1, 0.15) is 23.1 Å². The van der Waals surface area contributed by atoms with Crippen molar-refractivity contribution in [3.8, 4) is 22.9 Å². The number of halogens is 3. The van der Waals surface area contributed by atoms with Crippen molar-refractivity contribution in [1.82, 2.24) is 19.7 Å². The Morgan fingerprint density at radius 2 is 1.78 bits per heavy atom.